The van der Waals surface area contributed by atoms with E-state index in [0.717, 1.165) is 29.0 Å². The van der Waals surface area contributed by atoms with Gasteiger partial charge in [-0.1, -0.05) is 19.8 Å². The Morgan fingerprint density at radius 3 is 2.20 bits per heavy atom. The first-order valence-electron chi connectivity index (χ1n) is 16.1. The fourth-order valence-corrected chi connectivity index (χ4v) is 6.48. The minimum Gasteiger partial charge on any atom is -0.481 e. The van der Waals surface area contributed by atoms with Gasteiger partial charge in [0.1, 0.15) is 23.5 Å². The number of hydrogen-bond donors (Lipinski definition) is 2. The van der Waals surface area contributed by atoms with E-state index in [-0.39, 0.29) is 59.0 Å². The van der Waals surface area contributed by atoms with E-state index >= 15 is 8.78 Å². The van der Waals surface area contributed by atoms with Crippen LogP contribution in [0.5, 0.6) is 0 Å². The van der Waals surface area contributed by atoms with Crippen molar-refractivity contribution in [3.63, 3.8) is 0 Å². The number of benzene rings is 2. The molecule has 3 aromatic rings. The third-order valence-electron chi connectivity index (χ3n) is 8.89. The molecule has 1 fully saturated rings. The Kier molecular flexibility index (Phi) is 11.8. The van der Waals surface area contributed by atoms with Crippen molar-refractivity contribution in [2.45, 2.75) is 65.2 Å². The number of carboxylic acids is 1. The molecule has 1 aliphatic rings. The lowest BCUT2D eigenvalue weighted by Gasteiger charge is -2.36. The lowest BCUT2D eigenvalue weighted by Crippen LogP contribution is -2.46. The number of likely N-dealkylation sites (tertiary alicyclic amines) is 1. The zero-order valence-corrected chi connectivity index (χ0v) is 28.4. The fourth-order valence-electron chi connectivity index (χ4n) is 6.48. The molecule has 1 saturated heterocycles. The first kappa shape index (κ1) is 38.8. The van der Waals surface area contributed by atoms with E-state index in [4.69, 9.17) is 12.8 Å². The van der Waals surface area contributed by atoms with Crippen molar-refractivity contribution < 1.29 is 41.0 Å². The summed E-state index contributed by atoms with van der Waals surface area (Å²) in [6.07, 6.45) is 5.73. The quantitative estimate of drug-likeness (QED) is 0.164. The third kappa shape index (κ3) is 8.66. The Morgan fingerprint density at radius 1 is 1.04 bits per heavy atom. The van der Waals surface area contributed by atoms with Crippen molar-refractivity contribution >= 4 is 11.9 Å². The molecule has 0 unspecified atom stereocenters. The van der Waals surface area contributed by atoms with Gasteiger partial charge in [0.15, 0.2) is 0 Å². The number of nitrogens with zero attached hydrogens (tertiary/aromatic N) is 2. The molecule has 0 bridgehead atoms. The maximum absolute atomic E-state index is 16.5. The maximum atomic E-state index is 16.5. The number of amides is 1. The molecule has 0 radical (unpaired) electrons. The predicted molar refractivity (Wildman–Crippen MR) is 179 cm³/mol. The normalized spacial score (nSPS) is 14.8. The monoisotopic (exact) mass is 713 g/mol. The molecule has 4 rings (SSSR count). The molecule has 7 nitrogen and oxygen atoms in total. The number of carbonyl (C=O) groups excluding carboxylic acids is 1. The van der Waals surface area contributed by atoms with Gasteiger partial charge >= 0.3 is 12.1 Å². The van der Waals surface area contributed by atoms with Gasteiger partial charge in [-0.25, -0.2) is 13.2 Å². The van der Waals surface area contributed by atoms with Crippen molar-refractivity contribution in [2.75, 3.05) is 19.6 Å². The lowest BCUT2D eigenvalue weighted by molar-refractivity contribution is -0.139. The number of terminal acetylenes is 2. The second kappa shape index (κ2) is 15.5. The Bertz CT molecular complexity index is 1960. The Hall–Kier alpha value is -5.01. The summed E-state index contributed by atoms with van der Waals surface area (Å²) in [5, 5.41) is 12.1. The number of carboxylic acid groups (broad SMARTS) is 1. The van der Waals surface area contributed by atoms with Crippen LogP contribution in [0.1, 0.15) is 72.2 Å². The van der Waals surface area contributed by atoms with Crippen molar-refractivity contribution in [3.8, 4) is 35.8 Å². The van der Waals surface area contributed by atoms with Gasteiger partial charge in [-0.3, -0.25) is 14.4 Å². The summed E-state index contributed by atoms with van der Waals surface area (Å²) >= 11 is 0. The van der Waals surface area contributed by atoms with E-state index in [1.807, 2.05) is 4.90 Å². The SMILES string of the molecule is C#Cc1cc(-c2c(C)cc(F)cc2C)c(F)c([C@@H](CC(=O)O)NC(=O)[C@@H](CC(C)C)n2cc(CCN3CC(C#C)C3)c(C(F)(F)F)cc2=O)c1F. The van der Waals surface area contributed by atoms with Crippen LogP contribution in [0.3, 0.4) is 0 Å². The van der Waals surface area contributed by atoms with E-state index in [1.54, 1.807) is 13.8 Å². The average Bonchev–Trinajstić information content (AvgIpc) is 2.99. The molecule has 1 aromatic heterocycles. The van der Waals surface area contributed by atoms with Crippen LogP contribution >= 0.6 is 0 Å². The van der Waals surface area contributed by atoms with Crippen molar-refractivity contribution in [1.29, 1.82) is 0 Å². The zero-order chi connectivity index (χ0) is 37.9. The summed E-state index contributed by atoms with van der Waals surface area (Å²) in [4.78, 5) is 41.2. The molecule has 2 heterocycles. The molecular weight excluding hydrogens is 676 g/mol. The van der Waals surface area contributed by atoms with Gasteiger partial charge < -0.3 is 19.9 Å². The van der Waals surface area contributed by atoms with Crippen LogP contribution in [0.2, 0.25) is 0 Å². The minimum absolute atomic E-state index is 0.0188. The number of aliphatic carboxylic acids is 1. The number of alkyl halides is 3. The van der Waals surface area contributed by atoms with Crippen LogP contribution in [-0.4, -0.2) is 46.1 Å². The molecule has 2 N–H and O–H groups in total. The molecule has 0 aliphatic carbocycles. The van der Waals surface area contributed by atoms with Crippen LogP contribution in [-0.2, 0) is 22.2 Å². The molecule has 1 aliphatic heterocycles. The highest BCUT2D eigenvalue weighted by molar-refractivity contribution is 5.82. The molecule has 0 spiro atoms. The molecule has 2 atom stereocenters. The number of aromatic nitrogens is 1. The first-order chi connectivity index (χ1) is 23.9. The van der Waals surface area contributed by atoms with E-state index in [1.165, 1.54) is 13.8 Å². The molecule has 51 heavy (non-hydrogen) atoms. The largest absolute Gasteiger partial charge is 0.481 e. The van der Waals surface area contributed by atoms with E-state index < -0.39 is 76.3 Å². The Morgan fingerprint density at radius 2 is 1.67 bits per heavy atom. The topological polar surface area (TPSA) is 91.6 Å². The molecule has 13 heteroatoms. The fraction of sp³-hybridized carbons (Fsp3) is 0.395. The van der Waals surface area contributed by atoms with E-state index in [9.17, 15) is 37.1 Å². The Labute approximate surface area is 291 Å². The second-order valence-corrected chi connectivity index (χ2v) is 13.2. The average molecular weight is 714 g/mol. The summed E-state index contributed by atoms with van der Waals surface area (Å²) in [7, 11) is 0. The highest BCUT2D eigenvalue weighted by atomic mass is 19.4. The van der Waals surface area contributed by atoms with Crippen molar-refractivity contribution in [3.05, 3.63) is 91.6 Å². The van der Waals surface area contributed by atoms with Crippen LogP contribution in [0.25, 0.3) is 11.1 Å². The van der Waals surface area contributed by atoms with Crippen molar-refractivity contribution in [2.24, 2.45) is 11.8 Å². The van der Waals surface area contributed by atoms with Gasteiger partial charge in [0.25, 0.3) is 5.56 Å². The smallest absolute Gasteiger partial charge is 0.416 e. The van der Waals surface area contributed by atoms with E-state index in [0.29, 0.717) is 19.2 Å². The number of rotatable bonds is 12. The van der Waals surface area contributed by atoms with E-state index in [2.05, 4.69) is 17.2 Å². The maximum Gasteiger partial charge on any atom is 0.416 e. The summed E-state index contributed by atoms with van der Waals surface area (Å²) in [6, 6.07) is 0.284. The first-order valence-corrected chi connectivity index (χ1v) is 16.1. The number of aryl methyl sites for hydroxylation is 2. The van der Waals surface area contributed by atoms with Gasteiger partial charge in [0.05, 0.1) is 23.6 Å². The van der Waals surface area contributed by atoms with Gasteiger partial charge in [-0.15, -0.1) is 18.8 Å². The summed E-state index contributed by atoms with van der Waals surface area (Å²) in [5.74, 6) is -1.49. The van der Waals surface area contributed by atoms with Crippen LogP contribution in [0.4, 0.5) is 26.3 Å². The highest BCUT2D eigenvalue weighted by Crippen LogP contribution is 2.38. The number of hydrogen-bond acceptors (Lipinski definition) is 4. The summed E-state index contributed by atoms with van der Waals surface area (Å²) < 4.78 is 89.6. The standard InChI is InChI=1S/C38H37F6N3O4/c1-7-23-17-46(18-23)10-9-25-19-47(31(48)15-28(25)38(42,43)44)30(11-20(3)4)37(51)45-29(16-32(49)50)34-35(40)24(8-2)14-27(36(34)41)33-21(5)12-26(39)13-22(33)6/h1-2,12-15,19-20,23,29-30H,9-11,16-18H2,3-6H3,(H,45,51)(H,49,50)/t29-,30-/m1/s1. The molecular formula is C38H37F6N3O4. The molecule has 2 aromatic carbocycles. The number of carbonyl (C=O) groups is 2. The minimum atomic E-state index is -4.89. The second-order valence-electron chi connectivity index (χ2n) is 13.2. The third-order valence-corrected chi connectivity index (χ3v) is 8.89. The van der Waals surface area contributed by atoms with Crippen LogP contribution < -0.4 is 10.9 Å². The van der Waals surface area contributed by atoms with Crippen LogP contribution in [0.15, 0.2) is 35.3 Å². The Balaban J connectivity index is 1.82. The summed E-state index contributed by atoms with van der Waals surface area (Å²) in [6.45, 7) is 7.54. The number of nitrogens with one attached hydrogen (secondary N) is 1. The zero-order valence-electron chi connectivity index (χ0n) is 28.4. The van der Waals surface area contributed by atoms with Crippen LogP contribution in [0, 0.1) is 67.8 Å². The van der Waals surface area contributed by atoms with Crippen molar-refractivity contribution in [1.82, 2.24) is 14.8 Å². The van der Waals surface area contributed by atoms with Gasteiger partial charge in [-0.2, -0.15) is 13.2 Å². The van der Waals surface area contributed by atoms with Gasteiger partial charge in [-0.05, 0) is 73.1 Å². The number of halogens is 6. The molecule has 1 amide bonds. The predicted octanol–water partition coefficient (Wildman–Crippen LogP) is 6.58. The summed E-state index contributed by atoms with van der Waals surface area (Å²) in [5.41, 5.74) is -3.50. The van der Waals surface area contributed by atoms with Gasteiger partial charge in [0, 0.05) is 48.9 Å². The lowest BCUT2D eigenvalue weighted by atomic mass is 9.89. The molecule has 0 saturated carbocycles. The molecule has 270 valence electrons. The number of pyridine rings is 1. The van der Waals surface area contributed by atoms with Gasteiger partial charge in [0.2, 0.25) is 5.91 Å². The highest BCUT2D eigenvalue weighted by Gasteiger charge is 2.37.